The number of likely N-dealkylation sites (N-methyl/N-ethyl adjacent to an activating group) is 1. The second-order valence-electron chi connectivity index (χ2n) is 6.25. The van der Waals surface area contributed by atoms with Gasteiger partial charge in [-0.15, -0.1) is 0 Å². The van der Waals surface area contributed by atoms with E-state index in [0.717, 1.165) is 17.0 Å². The number of aryl methyl sites for hydroxylation is 3. The maximum absolute atomic E-state index is 12.2. The van der Waals surface area contributed by atoms with Crippen molar-refractivity contribution in [3.63, 3.8) is 0 Å². The van der Waals surface area contributed by atoms with Gasteiger partial charge in [0.25, 0.3) is 0 Å². The molecule has 1 heterocycles. The van der Waals surface area contributed by atoms with Crippen molar-refractivity contribution in [3.05, 3.63) is 52.4 Å². The highest BCUT2D eigenvalue weighted by Gasteiger charge is 2.14. The van der Waals surface area contributed by atoms with Crippen LogP contribution in [0.25, 0.3) is 0 Å². The second-order valence-corrected chi connectivity index (χ2v) is 6.25. The predicted octanol–water partition coefficient (Wildman–Crippen LogP) is 2.91. The Bertz CT molecular complexity index is 679. The number of carbonyl (C=O) groups is 1. The Morgan fingerprint density at radius 3 is 2.70 bits per heavy atom. The molecule has 5 heteroatoms. The van der Waals surface area contributed by atoms with E-state index in [-0.39, 0.29) is 11.9 Å². The molecule has 0 fully saturated rings. The summed E-state index contributed by atoms with van der Waals surface area (Å²) in [7, 11) is 1.90. The molecule has 5 nitrogen and oxygen atoms in total. The van der Waals surface area contributed by atoms with Crippen LogP contribution in [0.3, 0.4) is 0 Å². The number of aromatic nitrogens is 1. The van der Waals surface area contributed by atoms with E-state index in [4.69, 9.17) is 4.52 Å². The maximum atomic E-state index is 12.2. The molecule has 1 N–H and O–H groups in total. The third-order valence-corrected chi connectivity index (χ3v) is 3.80. The van der Waals surface area contributed by atoms with Crippen molar-refractivity contribution in [2.45, 2.75) is 40.3 Å². The van der Waals surface area contributed by atoms with Crippen LogP contribution in [0.2, 0.25) is 0 Å². The molecule has 0 aliphatic rings. The first-order chi connectivity index (χ1) is 10.8. The van der Waals surface area contributed by atoms with E-state index >= 15 is 0 Å². The van der Waals surface area contributed by atoms with Gasteiger partial charge in [-0.3, -0.25) is 9.69 Å². The van der Waals surface area contributed by atoms with Crippen LogP contribution in [-0.4, -0.2) is 29.6 Å². The predicted molar refractivity (Wildman–Crippen MR) is 90.0 cm³/mol. The molecule has 0 spiro atoms. The second kappa shape index (κ2) is 7.42. The first kappa shape index (κ1) is 17.2. The van der Waals surface area contributed by atoms with Crippen molar-refractivity contribution in [3.8, 4) is 0 Å². The highest BCUT2D eigenvalue weighted by Crippen LogP contribution is 2.18. The molecular formula is C18H25N3O2. The Morgan fingerprint density at radius 2 is 2.04 bits per heavy atom. The third-order valence-electron chi connectivity index (χ3n) is 3.80. The largest absolute Gasteiger partial charge is 0.361 e. The van der Waals surface area contributed by atoms with Crippen LogP contribution in [0.15, 0.2) is 28.8 Å². The number of rotatable bonds is 6. The van der Waals surface area contributed by atoms with Gasteiger partial charge in [0.1, 0.15) is 5.76 Å². The molecule has 0 aliphatic carbocycles. The van der Waals surface area contributed by atoms with Crippen molar-refractivity contribution in [1.82, 2.24) is 15.4 Å². The number of nitrogens with zero attached hydrogens (tertiary/aromatic N) is 2. The molecule has 23 heavy (non-hydrogen) atoms. The molecule has 1 amide bonds. The molecule has 1 aromatic heterocycles. The molecule has 2 rings (SSSR count). The summed E-state index contributed by atoms with van der Waals surface area (Å²) in [5, 5.41) is 7.01. The lowest BCUT2D eigenvalue weighted by Gasteiger charge is -2.20. The minimum Gasteiger partial charge on any atom is -0.361 e. The summed E-state index contributed by atoms with van der Waals surface area (Å²) in [6, 6.07) is 8.17. The van der Waals surface area contributed by atoms with E-state index in [1.807, 2.05) is 31.9 Å². The van der Waals surface area contributed by atoms with Gasteiger partial charge in [0.05, 0.1) is 18.3 Å². The van der Waals surface area contributed by atoms with Gasteiger partial charge in [0.2, 0.25) is 5.91 Å². The Morgan fingerprint density at radius 1 is 1.30 bits per heavy atom. The van der Waals surface area contributed by atoms with E-state index < -0.39 is 0 Å². The summed E-state index contributed by atoms with van der Waals surface area (Å²) in [6.07, 6.45) is 0. The number of hydrogen-bond donors (Lipinski definition) is 1. The average Bonchev–Trinajstić information content (AvgIpc) is 2.86. The zero-order valence-corrected chi connectivity index (χ0v) is 14.5. The van der Waals surface area contributed by atoms with Crippen LogP contribution in [0.4, 0.5) is 0 Å². The number of benzene rings is 1. The molecular weight excluding hydrogens is 290 g/mol. The lowest BCUT2D eigenvalue weighted by atomic mass is 10.00. The molecule has 0 bridgehead atoms. The van der Waals surface area contributed by atoms with Crippen molar-refractivity contribution in [1.29, 1.82) is 0 Å². The molecule has 124 valence electrons. The molecule has 1 aromatic carbocycles. The average molecular weight is 315 g/mol. The van der Waals surface area contributed by atoms with Crippen LogP contribution >= 0.6 is 0 Å². The first-order valence-electron chi connectivity index (χ1n) is 7.82. The Labute approximate surface area is 137 Å². The minimum atomic E-state index is -0.00917. The summed E-state index contributed by atoms with van der Waals surface area (Å²) in [5.41, 5.74) is 4.38. The van der Waals surface area contributed by atoms with Gasteiger partial charge < -0.3 is 9.84 Å². The van der Waals surface area contributed by atoms with E-state index in [1.165, 1.54) is 11.1 Å². The Kier molecular flexibility index (Phi) is 5.55. The van der Waals surface area contributed by atoms with Crippen LogP contribution in [0.5, 0.6) is 0 Å². The van der Waals surface area contributed by atoms with Gasteiger partial charge >= 0.3 is 0 Å². The molecule has 1 unspecified atom stereocenters. The van der Waals surface area contributed by atoms with Crippen molar-refractivity contribution < 1.29 is 9.32 Å². The van der Waals surface area contributed by atoms with Crippen LogP contribution in [0, 0.1) is 20.8 Å². The molecule has 0 aliphatic heterocycles. The monoisotopic (exact) mass is 315 g/mol. The van der Waals surface area contributed by atoms with E-state index in [1.54, 1.807) is 0 Å². The topological polar surface area (TPSA) is 58.4 Å². The number of hydrogen-bond acceptors (Lipinski definition) is 4. The summed E-state index contributed by atoms with van der Waals surface area (Å²) in [4.78, 5) is 14.2. The van der Waals surface area contributed by atoms with Crippen molar-refractivity contribution in [2.75, 3.05) is 13.6 Å². The maximum Gasteiger partial charge on any atom is 0.234 e. The van der Waals surface area contributed by atoms with Crippen molar-refractivity contribution in [2.24, 2.45) is 0 Å². The molecule has 2 aromatic rings. The van der Waals surface area contributed by atoms with Gasteiger partial charge in [-0.25, -0.2) is 0 Å². The van der Waals surface area contributed by atoms with Gasteiger partial charge in [-0.2, -0.15) is 0 Å². The van der Waals surface area contributed by atoms with Gasteiger partial charge in [0.15, 0.2) is 0 Å². The lowest BCUT2D eigenvalue weighted by molar-refractivity contribution is -0.122. The van der Waals surface area contributed by atoms with Crippen LogP contribution < -0.4 is 5.32 Å². The van der Waals surface area contributed by atoms with E-state index in [9.17, 15) is 4.79 Å². The van der Waals surface area contributed by atoms with Gasteiger partial charge in [0, 0.05) is 12.6 Å². The molecule has 0 radical (unpaired) electrons. The Balaban J connectivity index is 1.89. The van der Waals surface area contributed by atoms with Crippen molar-refractivity contribution >= 4 is 5.91 Å². The first-order valence-corrected chi connectivity index (χ1v) is 7.82. The number of carbonyl (C=O) groups excluding carboxylic acids is 1. The molecule has 1 atom stereocenters. The van der Waals surface area contributed by atoms with E-state index in [2.05, 4.69) is 42.5 Å². The summed E-state index contributed by atoms with van der Waals surface area (Å²) < 4.78 is 5.04. The van der Waals surface area contributed by atoms with Gasteiger partial charge in [-0.1, -0.05) is 28.9 Å². The summed E-state index contributed by atoms with van der Waals surface area (Å²) >= 11 is 0. The third kappa shape index (κ3) is 4.93. The van der Waals surface area contributed by atoms with E-state index in [0.29, 0.717) is 13.1 Å². The molecule has 0 saturated heterocycles. The standard InChI is InChI=1S/C18H25N3O2/c1-12-6-7-13(2)17(8-12)15(4)19-18(22)11-21(5)10-16-9-14(3)23-20-16/h6-9,15H,10-11H2,1-5H3,(H,19,22). The normalized spacial score (nSPS) is 12.4. The highest BCUT2D eigenvalue weighted by molar-refractivity contribution is 5.78. The fraction of sp³-hybridized carbons (Fsp3) is 0.444. The van der Waals surface area contributed by atoms with Crippen LogP contribution in [0.1, 0.15) is 41.1 Å². The fourth-order valence-corrected chi connectivity index (χ4v) is 2.66. The Hall–Kier alpha value is -2.14. The molecule has 0 saturated carbocycles. The highest BCUT2D eigenvalue weighted by atomic mass is 16.5. The number of nitrogens with one attached hydrogen (secondary N) is 1. The van der Waals surface area contributed by atoms with Gasteiger partial charge in [-0.05, 0) is 45.9 Å². The summed E-state index contributed by atoms with van der Waals surface area (Å²) in [6.45, 7) is 8.90. The van der Waals surface area contributed by atoms with Crippen LogP contribution in [-0.2, 0) is 11.3 Å². The fourth-order valence-electron chi connectivity index (χ4n) is 2.66. The number of amides is 1. The lowest BCUT2D eigenvalue weighted by Crippen LogP contribution is -2.36. The zero-order chi connectivity index (χ0) is 17.0. The smallest absolute Gasteiger partial charge is 0.234 e. The quantitative estimate of drug-likeness (QED) is 0.890. The zero-order valence-electron chi connectivity index (χ0n) is 14.5. The minimum absolute atomic E-state index is 0.00104. The SMILES string of the molecule is Cc1ccc(C)c(C(C)NC(=O)CN(C)Cc2cc(C)on2)c1. The summed E-state index contributed by atoms with van der Waals surface area (Å²) in [5.74, 6) is 0.780.